The summed E-state index contributed by atoms with van der Waals surface area (Å²) in [5.74, 6) is 1.31. The molecule has 7 nitrogen and oxygen atoms in total. The molecular formula is C28H35N3O4. The van der Waals surface area contributed by atoms with Gasteiger partial charge in [0.05, 0.1) is 11.6 Å². The maximum Gasteiger partial charge on any atom is 0.255 e. The van der Waals surface area contributed by atoms with Crippen LogP contribution in [-0.4, -0.2) is 50.0 Å². The zero-order valence-electron chi connectivity index (χ0n) is 20.4. The van der Waals surface area contributed by atoms with Crippen molar-refractivity contribution in [1.29, 1.82) is 0 Å². The third kappa shape index (κ3) is 6.04. The number of H-pyrrole nitrogens is 1. The number of fused-ring (bicyclic) bond motifs is 1. The van der Waals surface area contributed by atoms with E-state index in [-0.39, 0.29) is 12.0 Å². The quantitative estimate of drug-likeness (QED) is 0.412. The van der Waals surface area contributed by atoms with Gasteiger partial charge in [-0.15, -0.1) is 0 Å². The average Bonchev–Trinajstić information content (AvgIpc) is 3.56. The number of rotatable bonds is 9. The highest BCUT2D eigenvalue weighted by Crippen LogP contribution is 2.27. The summed E-state index contributed by atoms with van der Waals surface area (Å²) in [6.07, 6.45) is 4.57. The van der Waals surface area contributed by atoms with Gasteiger partial charge in [-0.1, -0.05) is 6.07 Å². The summed E-state index contributed by atoms with van der Waals surface area (Å²) < 4.78 is 16.8. The number of carbonyl (C=O) groups is 1. The Kier molecular flexibility index (Phi) is 7.66. The van der Waals surface area contributed by atoms with Crippen LogP contribution in [0.4, 0.5) is 5.69 Å². The molecule has 0 aliphatic carbocycles. The van der Waals surface area contributed by atoms with E-state index in [2.05, 4.69) is 27.8 Å². The molecule has 3 heterocycles. The van der Waals surface area contributed by atoms with Crippen LogP contribution < -0.4 is 15.4 Å². The van der Waals surface area contributed by atoms with Gasteiger partial charge in [-0.2, -0.15) is 0 Å². The number of anilines is 1. The normalized spacial score (nSPS) is 18.7. The Bertz CT molecular complexity index is 1130. The van der Waals surface area contributed by atoms with Gasteiger partial charge in [0.1, 0.15) is 12.4 Å². The topological polar surface area (TPSA) is 84.6 Å². The second kappa shape index (κ2) is 11.2. The Hall–Kier alpha value is -2.87. The maximum absolute atomic E-state index is 12.9. The van der Waals surface area contributed by atoms with Crippen LogP contribution in [-0.2, 0) is 16.0 Å². The molecule has 5 rings (SSSR count). The van der Waals surface area contributed by atoms with Gasteiger partial charge in [-0.3, -0.25) is 4.79 Å². The molecule has 186 valence electrons. The summed E-state index contributed by atoms with van der Waals surface area (Å²) in [6, 6.07) is 13.5. The van der Waals surface area contributed by atoms with E-state index in [4.69, 9.17) is 14.2 Å². The fourth-order valence-corrected chi connectivity index (χ4v) is 4.86. The van der Waals surface area contributed by atoms with Gasteiger partial charge < -0.3 is 29.8 Å². The first-order chi connectivity index (χ1) is 17.2. The predicted molar refractivity (Wildman–Crippen MR) is 137 cm³/mol. The minimum absolute atomic E-state index is 0.136. The highest BCUT2D eigenvalue weighted by atomic mass is 16.5. The van der Waals surface area contributed by atoms with E-state index < -0.39 is 0 Å². The molecule has 2 aliphatic rings. The first kappa shape index (κ1) is 23.9. The zero-order chi connectivity index (χ0) is 24.0. The molecule has 1 amide bonds. The number of aromatic nitrogens is 1. The van der Waals surface area contributed by atoms with Crippen LogP contribution in [0.1, 0.15) is 47.3 Å². The molecule has 2 aliphatic heterocycles. The van der Waals surface area contributed by atoms with Crippen molar-refractivity contribution in [2.75, 3.05) is 38.3 Å². The molecule has 35 heavy (non-hydrogen) atoms. The predicted octanol–water partition coefficient (Wildman–Crippen LogP) is 4.80. The van der Waals surface area contributed by atoms with Crippen molar-refractivity contribution < 1.29 is 19.0 Å². The number of benzene rings is 2. The highest BCUT2D eigenvalue weighted by Gasteiger charge is 2.17. The minimum Gasteiger partial charge on any atom is -0.491 e. The number of amides is 1. The molecule has 0 unspecified atom stereocenters. The summed E-state index contributed by atoms with van der Waals surface area (Å²) >= 11 is 0. The van der Waals surface area contributed by atoms with Crippen molar-refractivity contribution in [3.05, 3.63) is 59.3 Å². The number of carbonyl (C=O) groups excluding carboxylic acids is 1. The summed E-state index contributed by atoms with van der Waals surface area (Å²) in [4.78, 5) is 16.4. The molecule has 0 saturated carbocycles. The van der Waals surface area contributed by atoms with Gasteiger partial charge in [0.2, 0.25) is 0 Å². The van der Waals surface area contributed by atoms with E-state index in [1.165, 1.54) is 0 Å². The fourth-order valence-electron chi connectivity index (χ4n) is 4.86. The Labute approximate surface area is 206 Å². The van der Waals surface area contributed by atoms with E-state index >= 15 is 0 Å². The van der Waals surface area contributed by atoms with Crippen LogP contribution in [0, 0.1) is 12.8 Å². The van der Waals surface area contributed by atoms with E-state index in [0.717, 1.165) is 92.2 Å². The second-order valence-corrected chi connectivity index (χ2v) is 9.61. The monoisotopic (exact) mass is 477 g/mol. The summed E-state index contributed by atoms with van der Waals surface area (Å²) in [5.41, 5.74) is 4.65. The number of hydrogen-bond donors (Lipinski definition) is 3. The van der Waals surface area contributed by atoms with Crippen molar-refractivity contribution >= 4 is 22.5 Å². The molecule has 0 bridgehead atoms. The number of aryl methyl sites for hydroxylation is 1. The van der Waals surface area contributed by atoms with Crippen LogP contribution in [0.15, 0.2) is 42.5 Å². The molecule has 2 aromatic carbocycles. The maximum atomic E-state index is 12.9. The summed E-state index contributed by atoms with van der Waals surface area (Å²) in [7, 11) is 0. The minimum atomic E-state index is -0.136. The standard InChI is InChI=1S/C28H35N3O4/c1-19-26(31-28(32)21-4-7-24(8-5-21)35-18-25-3-2-12-34-25)9-6-22-15-23(30-27(19)22)17-29-16-20-10-13-33-14-11-20/h4-9,15,20,25,29-30H,2-3,10-14,16-18H2,1H3,(H,31,32)/t25-/m0/s1. The van der Waals surface area contributed by atoms with Gasteiger partial charge in [0.15, 0.2) is 0 Å². The Morgan fingerprint density at radius 3 is 2.69 bits per heavy atom. The Morgan fingerprint density at radius 2 is 1.91 bits per heavy atom. The number of ether oxygens (including phenoxy) is 3. The lowest BCUT2D eigenvalue weighted by Crippen LogP contribution is -2.27. The molecule has 2 saturated heterocycles. The Balaban J connectivity index is 1.17. The van der Waals surface area contributed by atoms with E-state index in [9.17, 15) is 4.79 Å². The van der Waals surface area contributed by atoms with Gasteiger partial charge in [-0.05, 0) is 87.0 Å². The molecular weight excluding hydrogens is 442 g/mol. The van der Waals surface area contributed by atoms with E-state index in [1.807, 2.05) is 25.1 Å². The molecule has 1 aromatic heterocycles. The van der Waals surface area contributed by atoms with Gasteiger partial charge in [0, 0.05) is 48.7 Å². The summed E-state index contributed by atoms with van der Waals surface area (Å²) in [6.45, 7) is 6.96. The van der Waals surface area contributed by atoms with Crippen molar-refractivity contribution in [3.63, 3.8) is 0 Å². The van der Waals surface area contributed by atoms with Crippen LogP contribution in [0.2, 0.25) is 0 Å². The first-order valence-electron chi connectivity index (χ1n) is 12.7. The van der Waals surface area contributed by atoms with E-state index in [0.29, 0.717) is 18.1 Å². The van der Waals surface area contributed by atoms with Crippen molar-refractivity contribution in [2.45, 2.75) is 45.3 Å². The smallest absolute Gasteiger partial charge is 0.255 e. The molecule has 0 radical (unpaired) electrons. The van der Waals surface area contributed by atoms with Crippen LogP contribution in [0.5, 0.6) is 5.75 Å². The van der Waals surface area contributed by atoms with E-state index in [1.54, 1.807) is 12.1 Å². The third-order valence-corrected chi connectivity index (χ3v) is 7.03. The lowest BCUT2D eigenvalue weighted by molar-refractivity contribution is 0.0662. The van der Waals surface area contributed by atoms with Gasteiger partial charge in [-0.25, -0.2) is 0 Å². The highest BCUT2D eigenvalue weighted by molar-refractivity contribution is 6.06. The molecule has 0 spiro atoms. The van der Waals surface area contributed by atoms with Crippen molar-refractivity contribution in [3.8, 4) is 5.75 Å². The van der Waals surface area contributed by atoms with Crippen LogP contribution in [0.3, 0.4) is 0 Å². The largest absolute Gasteiger partial charge is 0.491 e. The number of nitrogens with one attached hydrogen (secondary N) is 3. The lowest BCUT2D eigenvalue weighted by Gasteiger charge is -2.22. The molecule has 1 atom stereocenters. The van der Waals surface area contributed by atoms with Crippen molar-refractivity contribution in [1.82, 2.24) is 10.3 Å². The van der Waals surface area contributed by atoms with Crippen molar-refractivity contribution in [2.24, 2.45) is 5.92 Å². The van der Waals surface area contributed by atoms with Gasteiger partial charge >= 0.3 is 0 Å². The average molecular weight is 478 g/mol. The van der Waals surface area contributed by atoms with Crippen LogP contribution in [0.25, 0.3) is 10.9 Å². The molecule has 7 heteroatoms. The molecule has 3 N–H and O–H groups in total. The van der Waals surface area contributed by atoms with Crippen LogP contribution >= 0.6 is 0 Å². The third-order valence-electron chi connectivity index (χ3n) is 7.03. The number of aromatic amines is 1. The summed E-state index contributed by atoms with van der Waals surface area (Å²) in [5, 5.41) is 7.79. The fraction of sp³-hybridized carbons (Fsp3) is 0.464. The second-order valence-electron chi connectivity index (χ2n) is 9.61. The first-order valence-corrected chi connectivity index (χ1v) is 12.7. The zero-order valence-corrected chi connectivity index (χ0v) is 20.4. The van der Waals surface area contributed by atoms with Gasteiger partial charge in [0.25, 0.3) is 5.91 Å². The molecule has 2 fully saturated rings. The SMILES string of the molecule is Cc1c(NC(=O)c2ccc(OC[C@@H]3CCCO3)cc2)ccc2cc(CNCC3CCOCC3)[nH]c12. The lowest BCUT2D eigenvalue weighted by atomic mass is 10.0. The molecule has 3 aromatic rings. The number of hydrogen-bond acceptors (Lipinski definition) is 5. The Morgan fingerprint density at radius 1 is 1.09 bits per heavy atom.